The number of rotatable bonds is 6. The molecule has 1 unspecified atom stereocenters. The highest BCUT2D eigenvalue weighted by Crippen LogP contribution is 2.35. The molecule has 1 amide bonds. The molecule has 1 saturated carbocycles. The van der Waals surface area contributed by atoms with E-state index in [1.807, 2.05) is 0 Å². The maximum absolute atomic E-state index is 11.6. The maximum Gasteiger partial charge on any atom is 0.329 e. The van der Waals surface area contributed by atoms with Crippen LogP contribution in [0.5, 0.6) is 0 Å². The van der Waals surface area contributed by atoms with Crippen molar-refractivity contribution in [1.82, 2.24) is 4.90 Å². The first kappa shape index (κ1) is 12.7. The third-order valence-electron chi connectivity index (χ3n) is 3.08. The van der Waals surface area contributed by atoms with Crippen LogP contribution in [-0.2, 0) is 9.59 Å². The summed E-state index contributed by atoms with van der Waals surface area (Å²) >= 11 is 0. The van der Waals surface area contributed by atoms with Crippen LogP contribution in [0.25, 0.3) is 0 Å². The fourth-order valence-electron chi connectivity index (χ4n) is 2.05. The van der Waals surface area contributed by atoms with Crippen LogP contribution in [0.4, 0.5) is 0 Å². The molecule has 90 valence electrons. The predicted molar refractivity (Wildman–Crippen MR) is 61.0 cm³/mol. The molecular weight excluding hydrogens is 206 g/mol. The lowest BCUT2D eigenvalue weighted by Gasteiger charge is -2.37. The number of carbonyl (C=O) groups is 2. The Labute approximate surface area is 95.9 Å². The Kier molecular flexibility index (Phi) is 3.73. The van der Waals surface area contributed by atoms with Crippen molar-refractivity contribution in [2.45, 2.75) is 51.1 Å². The highest BCUT2D eigenvalue weighted by atomic mass is 16.4. The summed E-state index contributed by atoms with van der Waals surface area (Å²) in [5, 5.41) is 9.33. The van der Waals surface area contributed by atoms with Crippen LogP contribution in [0.1, 0.15) is 39.5 Å². The van der Waals surface area contributed by atoms with E-state index < -0.39 is 11.5 Å². The van der Waals surface area contributed by atoms with Crippen LogP contribution in [-0.4, -0.2) is 33.5 Å². The number of nitrogens with zero attached hydrogens (tertiary/aromatic N) is 1. The van der Waals surface area contributed by atoms with Gasteiger partial charge in [-0.05, 0) is 32.6 Å². The lowest BCUT2D eigenvalue weighted by Crippen LogP contribution is -2.55. The monoisotopic (exact) mass is 225 g/mol. The summed E-state index contributed by atoms with van der Waals surface area (Å²) in [4.78, 5) is 24.5. The van der Waals surface area contributed by atoms with E-state index in [4.69, 9.17) is 0 Å². The van der Waals surface area contributed by atoms with Crippen LogP contribution < -0.4 is 0 Å². The molecule has 0 aliphatic heterocycles. The van der Waals surface area contributed by atoms with E-state index in [1.165, 1.54) is 11.8 Å². The molecule has 16 heavy (non-hydrogen) atoms. The SMILES string of the molecule is C=CCCC(C)(C(=O)O)N(C(C)=O)C1CC1. The number of hydrogen-bond donors (Lipinski definition) is 1. The molecule has 4 nitrogen and oxygen atoms in total. The molecule has 1 aliphatic carbocycles. The van der Waals surface area contributed by atoms with Gasteiger partial charge in [0.25, 0.3) is 0 Å². The van der Waals surface area contributed by atoms with Crippen molar-refractivity contribution in [1.29, 1.82) is 0 Å². The van der Waals surface area contributed by atoms with Gasteiger partial charge in [-0.15, -0.1) is 6.58 Å². The van der Waals surface area contributed by atoms with E-state index >= 15 is 0 Å². The molecule has 4 heteroatoms. The second-order valence-corrected chi connectivity index (χ2v) is 4.53. The largest absolute Gasteiger partial charge is 0.480 e. The lowest BCUT2D eigenvalue weighted by molar-refractivity contribution is -0.158. The minimum Gasteiger partial charge on any atom is -0.480 e. The molecule has 0 heterocycles. The van der Waals surface area contributed by atoms with Crippen LogP contribution in [0.2, 0.25) is 0 Å². The van der Waals surface area contributed by atoms with Gasteiger partial charge in [0.15, 0.2) is 0 Å². The van der Waals surface area contributed by atoms with E-state index in [-0.39, 0.29) is 11.9 Å². The van der Waals surface area contributed by atoms with Crippen molar-refractivity contribution in [2.75, 3.05) is 0 Å². The molecule has 1 aliphatic rings. The fraction of sp³-hybridized carbons (Fsp3) is 0.667. The first-order chi connectivity index (χ1) is 7.43. The Bertz CT molecular complexity index is 309. The molecule has 0 saturated heterocycles. The Morgan fingerprint density at radius 2 is 2.12 bits per heavy atom. The summed E-state index contributed by atoms with van der Waals surface area (Å²) in [6, 6.07) is 0.114. The zero-order valence-electron chi connectivity index (χ0n) is 9.90. The zero-order chi connectivity index (χ0) is 12.3. The average molecular weight is 225 g/mol. The molecule has 0 aromatic rings. The normalized spacial score (nSPS) is 18.6. The Morgan fingerprint density at radius 1 is 1.56 bits per heavy atom. The van der Waals surface area contributed by atoms with Gasteiger partial charge < -0.3 is 10.0 Å². The maximum atomic E-state index is 11.6. The number of amides is 1. The minimum atomic E-state index is -1.10. The Hall–Kier alpha value is -1.32. The number of aliphatic carboxylic acids is 1. The van der Waals surface area contributed by atoms with Gasteiger partial charge in [-0.2, -0.15) is 0 Å². The number of allylic oxidation sites excluding steroid dienone is 1. The number of hydrogen-bond acceptors (Lipinski definition) is 2. The first-order valence-corrected chi connectivity index (χ1v) is 5.57. The van der Waals surface area contributed by atoms with Gasteiger partial charge in [0.05, 0.1) is 0 Å². The summed E-state index contributed by atoms with van der Waals surface area (Å²) in [5.74, 6) is -1.09. The number of carboxylic acid groups (broad SMARTS) is 1. The second-order valence-electron chi connectivity index (χ2n) is 4.53. The molecule has 0 radical (unpaired) electrons. The van der Waals surface area contributed by atoms with Crippen molar-refractivity contribution < 1.29 is 14.7 Å². The van der Waals surface area contributed by atoms with E-state index in [0.29, 0.717) is 12.8 Å². The van der Waals surface area contributed by atoms with E-state index in [1.54, 1.807) is 13.0 Å². The van der Waals surface area contributed by atoms with Crippen molar-refractivity contribution in [3.63, 3.8) is 0 Å². The van der Waals surface area contributed by atoms with Crippen LogP contribution in [0, 0.1) is 0 Å². The first-order valence-electron chi connectivity index (χ1n) is 5.57. The molecule has 0 aromatic carbocycles. The number of carbonyl (C=O) groups excluding carboxylic acids is 1. The van der Waals surface area contributed by atoms with Crippen molar-refractivity contribution in [3.8, 4) is 0 Å². The second kappa shape index (κ2) is 4.68. The van der Waals surface area contributed by atoms with E-state index in [2.05, 4.69) is 6.58 Å². The molecule has 1 fully saturated rings. The topological polar surface area (TPSA) is 57.6 Å². The Balaban J connectivity index is 2.91. The Morgan fingerprint density at radius 3 is 2.44 bits per heavy atom. The summed E-state index contributed by atoms with van der Waals surface area (Å²) in [5.41, 5.74) is -1.10. The van der Waals surface area contributed by atoms with Gasteiger partial charge in [-0.3, -0.25) is 4.79 Å². The van der Waals surface area contributed by atoms with Gasteiger partial charge in [0, 0.05) is 13.0 Å². The van der Waals surface area contributed by atoms with Gasteiger partial charge in [0.2, 0.25) is 5.91 Å². The van der Waals surface area contributed by atoms with Gasteiger partial charge in [-0.1, -0.05) is 6.08 Å². The molecule has 0 bridgehead atoms. The highest BCUT2D eigenvalue weighted by Gasteiger charge is 2.47. The summed E-state index contributed by atoms with van der Waals surface area (Å²) in [7, 11) is 0. The standard InChI is InChI=1S/C12H19NO3/c1-4-5-8-12(3,11(15)16)13(9(2)14)10-6-7-10/h4,10H,1,5-8H2,2-3H3,(H,15,16). The predicted octanol–water partition coefficient (Wildman–Crippen LogP) is 1.81. The van der Waals surface area contributed by atoms with Crippen molar-refractivity contribution in [2.24, 2.45) is 0 Å². The lowest BCUT2D eigenvalue weighted by atomic mass is 9.93. The third-order valence-corrected chi connectivity index (χ3v) is 3.08. The molecule has 1 atom stereocenters. The molecular formula is C12H19NO3. The van der Waals surface area contributed by atoms with Crippen molar-refractivity contribution >= 4 is 11.9 Å². The molecule has 1 rings (SSSR count). The van der Waals surface area contributed by atoms with Crippen LogP contribution >= 0.6 is 0 Å². The van der Waals surface area contributed by atoms with Gasteiger partial charge in [-0.25, -0.2) is 4.79 Å². The van der Waals surface area contributed by atoms with E-state index in [0.717, 1.165) is 12.8 Å². The third kappa shape index (κ3) is 2.43. The molecule has 1 N–H and O–H groups in total. The molecule has 0 spiro atoms. The average Bonchev–Trinajstić information content (AvgIpc) is 2.98. The van der Waals surface area contributed by atoms with E-state index in [9.17, 15) is 14.7 Å². The zero-order valence-corrected chi connectivity index (χ0v) is 9.90. The summed E-state index contributed by atoms with van der Waals surface area (Å²) in [6.45, 7) is 6.65. The summed E-state index contributed by atoms with van der Waals surface area (Å²) in [6.07, 6.45) is 4.53. The summed E-state index contributed by atoms with van der Waals surface area (Å²) < 4.78 is 0. The van der Waals surface area contributed by atoms with Crippen LogP contribution in [0.15, 0.2) is 12.7 Å². The molecule has 0 aromatic heterocycles. The number of carboxylic acids is 1. The quantitative estimate of drug-likeness (QED) is 0.701. The van der Waals surface area contributed by atoms with Crippen molar-refractivity contribution in [3.05, 3.63) is 12.7 Å². The minimum absolute atomic E-state index is 0.114. The van der Waals surface area contributed by atoms with Crippen LogP contribution in [0.3, 0.4) is 0 Å². The fourth-order valence-corrected chi connectivity index (χ4v) is 2.05. The smallest absolute Gasteiger partial charge is 0.329 e. The van der Waals surface area contributed by atoms with Gasteiger partial charge >= 0.3 is 5.97 Å². The van der Waals surface area contributed by atoms with Gasteiger partial charge in [0.1, 0.15) is 5.54 Å². The highest BCUT2D eigenvalue weighted by molar-refractivity contribution is 5.86.